The van der Waals surface area contributed by atoms with E-state index in [1.54, 1.807) is 0 Å². The SMILES string of the molecule is C=C(CC)N1CCc2c([nH]c3ccccc23)[C@H]1c1cnc(NC2CN(CCCF)C2)nc1. The highest BCUT2D eigenvalue weighted by Crippen LogP contribution is 2.40. The van der Waals surface area contributed by atoms with Gasteiger partial charge in [0.2, 0.25) is 5.95 Å². The lowest BCUT2D eigenvalue weighted by atomic mass is 9.93. The zero-order chi connectivity index (χ0) is 22.1. The van der Waals surface area contributed by atoms with E-state index < -0.39 is 0 Å². The number of aromatic amines is 1. The minimum atomic E-state index is -0.250. The van der Waals surface area contributed by atoms with Gasteiger partial charge in [0.25, 0.3) is 0 Å². The maximum absolute atomic E-state index is 12.3. The molecule has 1 fully saturated rings. The third kappa shape index (κ3) is 3.86. The molecule has 1 aromatic carbocycles. The monoisotopic (exact) mass is 434 g/mol. The van der Waals surface area contributed by atoms with Crippen molar-refractivity contribution in [2.45, 2.75) is 38.3 Å². The van der Waals surface area contributed by atoms with Gasteiger partial charge in [-0.15, -0.1) is 0 Å². The first kappa shape index (κ1) is 20.9. The molecule has 168 valence electrons. The molecule has 32 heavy (non-hydrogen) atoms. The van der Waals surface area contributed by atoms with Crippen LogP contribution in [0.25, 0.3) is 10.9 Å². The maximum Gasteiger partial charge on any atom is 0.222 e. The van der Waals surface area contributed by atoms with Crippen molar-refractivity contribution in [3.05, 3.63) is 65.8 Å². The zero-order valence-electron chi connectivity index (χ0n) is 18.6. The molecular weight excluding hydrogens is 403 g/mol. The van der Waals surface area contributed by atoms with Gasteiger partial charge in [0.05, 0.1) is 18.8 Å². The number of benzene rings is 1. The van der Waals surface area contributed by atoms with E-state index >= 15 is 0 Å². The highest BCUT2D eigenvalue weighted by molar-refractivity contribution is 5.85. The predicted molar refractivity (Wildman–Crippen MR) is 126 cm³/mol. The number of hydrogen-bond donors (Lipinski definition) is 2. The van der Waals surface area contributed by atoms with Crippen molar-refractivity contribution in [1.29, 1.82) is 0 Å². The summed E-state index contributed by atoms with van der Waals surface area (Å²) in [6.45, 7) is 9.81. The molecule has 0 bridgehead atoms. The van der Waals surface area contributed by atoms with E-state index in [0.29, 0.717) is 18.4 Å². The molecule has 0 saturated carbocycles. The van der Waals surface area contributed by atoms with Crippen LogP contribution in [0.1, 0.15) is 42.6 Å². The predicted octanol–water partition coefficient (Wildman–Crippen LogP) is 4.28. The van der Waals surface area contributed by atoms with Gasteiger partial charge in [0.15, 0.2) is 0 Å². The summed E-state index contributed by atoms with van der Waals surface area (Å²) in [6.07, 6.45) is 6.39. The first-order valence-electron chi connectivity index (χ1n) is 11.6. The molecule has 2 aromatic heterocycles. The lowest BCUT2D eigenvalue weighted by Gasteiger charge is -2.39. The Labute approximate surface area is 188 Å². The summed E-state index contributed by atoms with van der Waals surface area (Å²) < 4.78 is 12.3. The molecule has 0 radical (unpaired) electrons. The summed E-state index contributed by atoms with van der Waals surface area (Å²) in [4.78, 5) is 17.6. The van der Waals surface area contributed by atoms with Crippen LogP contribution in [-0.4, -0.2) is 63.6 Å². The topological polar surface area (TPSA) is 60.1 Å². The number of anilines is 1. The Morgan fingerprint density at radius 1 is 1.25 bits per heavy atom. The fourth-order valence-electron chi connectivity index (χ4n) is 4.99. The number of para-hydroxylation sites is 1. The van der Waals surface area contributed by atoms with Crippen LogP contribution in [0.15, 0.2) is 48.9 Å². The summed E-state index contributed by atoms with van der Waals surface area (Å²) in [5, 5.41) is 4.71. The molecule has 1 atom stereocenters. The minimum absolute atomic E-state index is 0.0348. The average Bonchev–Trinajstić information content (AvgIpc) is 3.18. The third-order valence-corrected chi connectivity index (χ3v) is 6.73. The summed E-state index contributed by atoms with van der Waals surface area (Å²) in [7, 11) is 0. The molecule has 0 spiro atoms. The van der Waals surface area contributed by atoms with Crippen molar-refractivity contribution < 1.29 is 4.39 Å². The van der Waals surface area contributed by atoms with E-state index in [1.165, 1.54) is 22.2 Å². The van der Waals surface area contributed by atoms with Crippen LogP contribution >= 0.6 is 0 Å². The van der Waals surface area contributed by atoms with Crippen LogP contribution in [0, 0.1) is 0 Å². The second kappa shape index (κ2) is 8.90. The number of rotatable bonds is 8. The molecule has 0 unspecified atom stereocenters. The minimum Gasteiger partial charge on any atom is -0.362 e. The fourth-order valence-corrected chi connectivity index (χ4v) is 4.99. The quantitative estimate of drug-likeness (QED) is 0.554. The molecule has 3 aromatic rings. The van der Waals surface area contributed by atoms with Gasteiger partial charge < -0.3 is 15.2 Å². The van der Waals surface area contributed by atoms with Crippen molar-refractivity contribution in [3.63, 3.8) is 0 Å². The van der Waals surface area contributed by atoms with Crippen LogP contribution in [-0.2, 0) is 6.42 Å². The largest absolute Gasteiger partial charge is 0.362 e. The van der Waals surface area contributed by atoms with Gasteiger partial charge >= 0.3 is 0 Å². The van der Waals surface area contributed by atoms with Crippen LogP contribution in [0.4, 0.5) is 10.3 Å². The molecule has 2 aliphatic heterocycles. The van der Waals surface area contributed by atoms with E-state index in [4.69, 9.17) is 0 Å². The Morgan fingerprint density at radius 3 is 2.78 bits per heavy atom. The lowest BCUT2D eigenvalue weighted by Crippen LogP contribution is -2.55. The number of halogens is 1. The van der Waals surface area contributed by atoms with Crippen LogP contribution in [0.5, 0.6) is 0 Å². The van der Waals surface area contributed by atoms with Crippen molar-refractivity contribution in [3.8, 4) is 0 Å². The first-order chi connectivity index (χ1) is 15.7. The Bertz CT molecular complexity index is 1090. The number of fused-ring (bicyclic) bond motifs is 3. The fraction of sp³-hybridized carbons (Fsp3) is 0.440. The normalized spacial score (nSPS) is 19.1. The van der Waals surface area contributed by atoms with E-state index in [0.717, 1.165) is 50.3 Å². The summed E-state index contributed by atoms with van der Waals surface area (Å²) >= 11 is 0. The Balaban J connectivity index is 1.38. The zero-order valence-corrected chi connectivity index (χ0v) is 18.6. The molecule has 4 heterocycles. The number of H-pyrrole nitrogens is 1. The molecule has 1 saturated heterocycles. The number of likely N-dealkylation sites (tertiary alicyclic amines) is 1. The molecule has 2 N–H and O–H groups in total. The van der Waals surface area contributed by atoms with Gasteiger partial charge in [-0.05, 0) is 30.9 Å². The number of alkyl halides is 1. The maximum atomic E-state index is 12.3. The highest BCUT2D eigenvalue weighted by atomic mass is 19.1. The van der Waals surface area contributed by atoms with E-state index in [-0.39, 0.29) is 12.7 Å². The van der Waals surface area contributed by atoms with E-state index in [1.807, 2.05) is 12.4 Å². The van der Waals surface area contributed by atoms with Crippen molar-refractivity contribution in [2.75, 3.05) is 38.2 Å². The molecule has 5 rings (SSSR count). The standard InChI is InChI=1S/C25H31FN6/c1-3-17(2)32-12-9-21-20-7-4-5-8-22(20)30-23(21)24(32)18-13-27-25(28-14-18)29-19-15-31(16-19)11-6-10-26/h4-5,7-8,13-14,19,24,30H,2-3,6,9-12,15-16H2,1H3,(H,27,28,29)/t24-/m1/s1. The highest BCUT2D eigenvalue weighted by Gasteiger charge is 2.33. The van der Waals surface area contributed by atoms with Gasteiger partial charge in [-0.25, -0.2) is 9.97 Å². The second-order valence-electron chi connectivity index (χ2n) is 8.81. The Hall–Kier alpha value is -2.93. The van der Waals surface area contributed by atoms with Crippen LogP contribution < -0.4 is 5.32 Å². The Kier molecular flexibility index (Phi) is 5.83. The van der Waals surface area contributed by atoms with E-state index in [2.05, 4.69) is 67.8 Å². The smallest absolute Gasteiger partial charge is 0.222 e. The molecule has 6 nitrogen and oxygen atoms in total. The first-order valence-corrected chi connectivity index (χ1v) is 11.6. The van der Waals surface area contributed by atoms with Gasteiger partial charge in [0, 0.05) is 66.4 Å². The van der Waals surface area contributed by atoms with Crippen molar-refractivity contribution >= 4 is 16.9 Å². The lowest BCUT2D eigenvalue weighted by molar-refractivity contribution is 0.155. The molecule has 0 amide bonds. The summed E-state index contributed by atoms with van der Waals surface area (Å²) in [6, 6.07) is 8.88. The number of aromatic nitrogens is 3. The van der Waals surface area contributed by atoms with Gasteiger partial charge in [-0.1, -0.05) is 31.7 Å². The molecule has 2 aliphatic rings. The number of hydrogen-bond acceptors (Lipinski definition) is 5. The van der Waals surface area contributed by atoms with Gasteiger partial charge in [0.1, 0.15) is 0 Å². The van der Waals surface area contributed by atoms with Crippen molar-refractivity contribution in [2.24, 2.45) is 0 Å². The Morgan fingerprint density at radius 2 is 2.03 bits per heavy atom. The van der Waals surface area contributed by atoms with Crippen LogP contribution in [0.2, 0.25) is 0 Å². The number of allylic oxidation sites excluding steroid dienone is 1. The third-order valence-electron chi connectivity index (χ3n) is 6.73. The summed E-state index contributed by atoms with van der Waals surface area (Å²) in [5.74, 6) is 0.650. The van der Waals surface area contributed by atoms with Gasteiger partial charge in [-0.3, -0.25) is 9.29 Å². The van der Waals surface area contributed by atoms with E-state index in [9.17, 15) is 4.39 Å². The average molecular weight is 435 g/mol. The molecule has 7 heteroatoms. The molecule has 0 aliphatic carbocycles. The second-order valence-corrected chi connectivity index (χ2v) is 8.81. The van der Waals surface area contributed by atoms with Crippen LogP contribution in [0.3, 0.4) is 0 Å². The summed E-state index contributed by atoms with van der Waals surface area (Å²) in [5.41, 5.74) is 5.97. The number of nitrogens with one attached hydrogen (secondary N) is 2. The van der Waals surface area contributed by atoms with Crippen molar-refractivity contribution in [1.82, 2.24) is 24.8 Å². The van der Waals surface area contributed by atoms with Gasteiger partial charge in [-0.2, -0.15) is 0 Å². The molecular formula is C25H31FN6. The number of nitrogens with zero attached hydrogens (tertiary/aromatic N) is 4.